The van der Waals surface area contributed by atoms with Gasteiger partial charge in [0.15, 0.2) is 0 Å². The quantitative estimate of drug-likeness (QED) is 0.656. The maximum Gasteiger partial charge on any atom is 0.116 e. The van der Waals surface area contributed by atoms with E-state index in [0.717, 1.165) is 5.01 Å². The first-order valence-electron chi connectivity index (χ1n) is 4.36. The summed E-state index contributed by atoms with van der Waals surface area (Å²) in [6, 6.07) is 10.2. The summed E-state index contributed by atoms with van der Waals surface area (Å²) in [7, 11) is 0. The first kappa shape index (κ1) is 9.09. The molecule has 0 saturated heterocycles. The molecule has 0 aliphatic rings. The topological polar surface area (TPSA) is 25.8 Å². The molecule has 1 heterocycles. The molecule has 0 spiro atoms. The van der Waals surface area contributed by atoms with Crippen LogP contribution in [-0.4, -0.2) is 9.97 Å². The van der Waals surface area contributed by atoms with Crippen LogP contribution in [0.1, 0.15) is 5.01 Å². The Bertz CT molecular complexity index is 489. The lowest BCUT2D eigenvalue weighted by atomic mass is 10.3. The molecule has 0 saturated carbocycles. The second kappa shape index (κ2) is 4.15. The highest BCUT2D eigenvalue weighted by atomic mass is 32.1. The second-order valence-electron chi connectivity index (χ2n) is 2.87. The number of aromatic nitrogens is 2. The Morgan fingerprint density at radius 1 is 1.14 bits per heavy atom. The van der Waals surface area contributed by atoms with E-state index in [1.54, 1.807) is 23.9 Å². The molecule has 3 heteroatoms. The second-order valence-corrected chi connectivity index (χ2v) is 4.10. The molecule has 0 aliphatic heterocycles. The van der Waals surface area contributed by atoms with Crippen LogP contribution in [0.3, 0.4) is 0 Å². The van der Waals surface area contributed by atoms with Crippen LogP contribution in [0, 0.1) is 6.92 Å². The van der Waals surface area contributed by atoms with Gasteiger partial charge in [0, 0.05) is 10.9 Å². The molecule has 1 aromatic heterocycles. The number of aryl methyl sites for hydroxylation is 1. The zero-order chi connectivity index (χ0) is 9.80. The molecule has 0 radical (unpaired) electrons. The number of hydrogen-bond acceptors (Lipinski definition) is 3. The Kier molecular flexibility index (Phi) is 2.70. The van der Waals surface area contributed by atoms with Crippen molar-refractivity contribution in [3.63, 3.8) is 0 Å². The average Bonchev–Trinajstić information content (AvgIpc) is 2.27. The van der Waals surface area contributed by atoms with Gasteiger partial charge in [-0.05, 0) is 24.4 Å². The molecule has 0 N–H and O–H groups in total. The van der Waals surface area contributed by atoms with Gasteiger partial charge < -0.3 is 0 Å². The number of fused-ring (bicyclic) bond motifs is 1. The van der Waals surface area contributed by atoms with Crippen LogP contribution in [0.15, 0.2) is 42.9 Å². The van der Waals surface area contributed by atoms with Crippen LogP contribution < -0.4 is 0 Å². The van der Waals surface area contributed by atoms with Gasteiger partial charge in [-0.25, -0.2) is 9.97 Å². The molecule has 0 aliphatic carbocycles. The summed E-state index contributed by atoms with van der Waals surface area (Å²) in [5.74, 6) is 0. The molecular formula is C11H10N2S. The number of hydrogen-bond donors (Lipinski definition) is 0. The zero-order valence-electron chi connectivity index (χ0n) is 7.84. The lowest BCUT2D eigenvalue weighted by Gasteiger charge is -1.89. The third-order valence-electron chi connectivity index (χ3n) is 1.82. The molecule has 2 rings (SSSR count). The highest BCUT2D eigenvalue weighted by Gasteiger charge is 1.88. The molecule has 0 atom stereocenters. The highest BCUT2D eigenvalue weighted by Crippen LogP contribution is 2.16. The van der Waals surface area contributed by atoms with Gasteiger partial charge in [0.25, 0.3) is 0 Å². The Morgan fingerprint density at radius 2 is 2.00 bits per heavy atom. The standard InChI is InChI=1S/C11H10N2S/c1-9-13-8-12-7-6-10-4-2-3-5-11(10)14-9/h2-8H,1H3. The van der Waals surface area contributed by atoms with Gasteiger partial charge in [0.1, 0.15) is 6.33 Å². The third kappa shape index (κ3) is 2.06. The largest absolute Gasteiger partial charge is 0.245 e. The summed E-state index contributed by atoms with van der Waals surface area (Å²) >= 11 is 1.67. The summed E-state index contributed by atoms with van der Waals surface area (Å²) in [5.41, 5.74) is 0. The van der Waals surface area contributed by atoms with Crippen LogP contribution >= 0.6 is 11.3 Å². The normalized spacial score (nSPS) is 9.79. The summed E-state index contributed by atoms with van der Waals surface area (Å²) in [6.45, 7) is 1.98. The Balaban J connectivity index is 2.86. The van der Waals surface area contributed by atoms with Crippen molar-refractivity contribution in [3.8, 4) is 0 Å². The summed E-state index contributed by atoms with van der Waals surface area (Å²) in [6.07, 6.45) is 3.34. The maximum absolute atomic E-state index is 4.18. The van der Waals surface area contributed by atoms with E-state index in [4.69, 9.17) is 0 Å². The molecular weight excluding hydrogens is 192 g/mol. The number of nitrogens with zero attached hydrogens (tertiary/aromatic N) is 2. The van der Waals surface area contributed by atoms with E-state index < -0.39 is 0 Å². The van der Waals surface area contributed by atoms with Crippen LogP contribution in [0.25, 0.3) is 10.1 Å². The first-order chi connectivity index (χ1) is 6.86. The van der Waals surface area contributed by atoms with Crippen molar-refractivity contribution in [2.24, 2.45) is 0 Å². The van der Waals surface area contributed by atoms with Crippen molar-refractivity contribution in [2.45, 2.75) is 6.92 Å². The van der Waals surface area contributed by atoms with E-state index in [1.165, 1.54) is 10.1 Å². The molecule has 70 valence electrons. The van der Waals surface area contributed by atoms with Gasteiger partial charge in [-0.15, -0.1) is 11.3 Å². The molecule has 0 fully saturated rings. The number of rotatable bonds is 0. The fourth-order valence-corrected chi connectivity index (χ4v) is 1.99. The molecule has 2 aromatic rings. The Morgan fingerprint density at radius 3 is 2.93 bits per heavy atom. The van der Waals surface area contributed by atoms with Crippen LogP contribution in [0.2, 0.25) is 0 Å². The lowest BCUT2D eigenvalue weighted by molar-refractivity contribution is 1.17. The predicted molar refractivity (Wildman–Crippen MR) is 59.8 cm³/mol. The third-order valence-corrected chi connectivity index (χ3v) is 2.82. The molecule has 1 aromatic carbocycles. The summed E-state index contributed by atoms with van der Waals surface area (Å²) < 4.78 is 1.22. The molecule has 0 bridgehead atoms. The van der Waals surface area contributed by atoms with Crippen molar-refractivity contribution in [1.29, 1.82) is 0 Å². The number of benzene rings is 1. The summed E-state index contributed by atoms with van der Waals surface area (Å²) in [5, 5.41) is 2.19. The van der Waals surface area contributed by atoms with Crippen molar-refractivity contribution < 1.29 is 0 Å². The van der Waals surface area contributed by atoms with E-state index in [0.29, 0.717) is 0 Å². The maximum atomic E-state index is 4.18. The van der Waals surface area contributed by atoms with E-state index in [9.17, 15) is 0 Å². The monoisotopic (exact) mass is 202 g/mol. The van der Waals surface area contributed by atoms with Gasteiger partial charge >= 0.3 is 0 Å². The van der Waals surface area contributed by atoms with Crippen molar-refractivity contribution >= 4 is 21.4 Å². The van der Waals surface area contributed by atoms with Crippen LogP contribution in [0.4, 0.5) is 0 Å². The minimum atomic E-state index is 1.00. The predicted octanol–water partition coefficient (Wildman–Crippen LogP) is 3.12. The van der Waals surface area contributed by atoms with Crippen molar-refractivity contribution in [1.82, 2.24) is 9.97 Å². The minimum absolute atomic E-state index is 1.00. The van der Waals surface area contributed by atoms with Gasteiger partial charge in [0.2, 0.25) is 0 Å². The van der Waals surface area contributed by atoms with E-state index in [2.05, 4.69) is 22.1 Å². The van der Waals surface area contributed by atoms with Crippen LogP contribution in [-0.2, 0) is 0 Å². The van der Waals surface area contributed by atoms with E-state index in [-0.39, 0.29) is 0 Å². The smallest absolute Gasteiger partial charge is 0.116 e. The molecule has 2 nitrogen and oxygen atoms in total. The fraction of sp³-hybridized carbons (Fsp3) is 0.0909. The summed E-state index contributed by atoms with van der Waals surface area (Å²) in [4.78, 5) is 8.21. The van der Waals surface area contributed by atoms with Gasteiger partial charge in [-0.1, -0.05) is 18.2 Å². The van der Waals surface area contributed by atoms with Crippen molar-refractivity contribution in [2.75, 3.05) is 0 Å². The minimum Gasteiger partial charge on any atom is -0.245 e. The molecule has 0 amide bonds. The SMILES string of the molecule is Cc1ncnccc2ccccc2s1. The highest BCUT2D eigenvalue weighted by molar-refractivity contribution is 7.17. The van der Waals surface area contributed by atoms with E-state index >= 15 is 0 Å². The van der Waals surface area contributed by atoms with E-state index in [1.807, 2.05) is 25.1 Å². The van der Waals surface area contributed by atoms with Crippen molar-refractivity contribution in [3.05, 3.63) is 47.9 Å². The van der Waals surface area contributed by atoms with Gasteiger partial charge in [0.05, 0.1) is 5.01 Å². The molecule has 0 unspecified atom stereocenters. The zero-order valence-corrected chi connectivity index (χ0v) is 8.66. The average molecular weight is 202 g/mol. The van der Waals surface area contributed by atoms with Gasteiger partial charge in [-0.2, -0.15) is 0 Å². The van der Waals surface area contributed by atoms with Gasteiger partial charge in [-0.3, -0.25) is 0 Å². The van der Waals surface area contributed by atoms with Crippen LogP contribution in [0.5, 0.6) is 0 Å². The molecule has 14 heavy (non-hydrogen) atoms. The lowest BCUT2D eigenvalue weighted by Crippen LogP contribution is -1.68. The Hall–Kier alpha value is -1.48. The fourth-order valence-electron chi connectivity index (χ4n) is 1.17. The first-order valence-corrected chi connectivity index (χ1v) is 5.17. The Labute approximate surface area is 86.6 Å².